The largest absolute Gasteiger partial charge is 0.381 e. The Hall–Kier alpha value is -0.610. The molecule has 0 radical (unpaired) electrons. The Kier molecular flexibility index (Phi) is 2.27. The Morgan fingerprint density at radius 1 is 1.21 bits per heavy atom. The molecule has 0 bridgehead atoms. The zero-order valence-electron chi connectivity index (χ0n) is 8.42. The molecule has 0 aromatic heterocycles. The van der Waals surface area contributed by atoms with E-state index in [1.807, 2.05) is 0 Å². The molecule has 1 heterocycles. The molecule has 1 aliphatic carbocycles. The summed E-state index contributed by atoms with van der Waals surface area (Å²) in [4.78, 5) is 11.5. The summed E-state index contributed by atoms with van der Waals surface area (Å²) < 4.78 is 5.47. The van der Waals surface area contributed by atoms with Gasteiger partial charge in [0.1, 0.15) is 5.54 Å². The summed E-state index contributed by atoms with van der Waals surface area (Å²) in [5, 5.41) is 0. The Morgan fingerprint density at radius 2 is 1.86 bits per heavy atom. The zero-order valence-corrected chi connectivity index (χ0v) is 8.42. The number of rotatable bonds is 1. The molecule has 1 unspecified atom stereocenters. The molecule has 0 aromatic carbocycles. The Bertz CT molecular complexity index is 249. The minimum absolute atomic E-state index is 0.170. The van der Waals surface area contributed by atoms with Gasteiger partial charge in [-0.2, -0.15) is 0 Å². The number of hydrogen-bond donors (Lipinski definition) is 2. The Morgan fingerprint density at radius 3 is 2.43 bits per heavy atom. The van der Waals surface area contributed by atoms with Crippen molar-refractivity contribution in [2.24, 2.45) is 16.9 Å². The standard InChI is InChI=1S/C10H18N2O2/c11-8(13)10(12)5-6-14-7-9(10)3-1-2-4-9/h1-7,12H2,(H2,11,13). The van der Waals surface area contributed by atoms with Crippen LogP contribution >= 0.6 is 0 Å². The third kappa shape index (κ3) is 1.17. The second-order valence-corrected chi connectivity index (χ2v) is 4.63. The van der Waals surface area contributed by atoms with Crippen molar-refractivity contribution in [3.63, 3.8) is 0 Å². The van der Waals surface area contributed by atoms with Gasteiger partial charge in [0.05, 0.1) is 6.61 Å². The molecule has 1 aliphatic heterocycles. The number of carbonyl (C=O) groups is 1. The van der Waals surface area contributed by atoms with Crippen molar-refractivity contribution in [1.29, 1.82) is 0 Å². The summed E-state index contributed by atoms with van der Waals surface area (Å²) in [5.41, 5.74) is 10.6. The molecule has 80 valence electrons. The SMILES string of the molecule is NC(=O)C1(N)CCOCC12CCCC2. The molecule has 0 aromatic rings. The van der Waals surface area contributed by atoms with Gasteiger partial charge in [0.25, 0.3) is 0 Å². The summed E-state index contributed by atoms with van der Waals surface area (Å²) in [7, 11) is 0. The van der Waals surface area contributed by atoms with Crippen LogP contribution in [0, 0.1) is 5.41 Å². The van der Waals surface area contributed by atoms with Crippen molar-refractivity contribution in [2.45, 2.75) is 37.6 Å². The van der Waals surface area contributed by atoms with Gasteiger partial charge >= 0.3 is 0 Å². The summed E-state index contributed by atoms with van der Waals surface area (Å²) in [6.07, 6.45) is 4.80. The molecule has 1 spiro atoms. The van der Waals surface area contributed by atoms with Gasteiger partial charge in [-0.15, -0.1) is 0 Å². The van der Waals surface area contributed by atoms with E-state index in [4.69, 9.17) is 16.2 Å². The molecule has 1 saturated carbocycles. The quantitative estimate of drug-likeness (QED) is 0.629. The molecule has 1 amide bonds. The highest BCUT2D eigenvalue weighted by Gasteiger charge is 2.55. The van der Waals surface area contributed by atoms with Gasteiger partial charge in [-0.3, -0.25) is 4.79 Å². The summed E-state index contributed by atoms with van der Waals surface area (Å²) in [6.45, 7) is 1.16. The fourth-order valence-corrected chi connectivity index (χ4v) is 2.92. The number of carbonyl (C=O) groups excluding carboxylic acids is 1. The van der Waals surface area contributed by atoms with E-state index in [1.54, 1.807) is 0 Å². The van der Waals surface area contributed by atoms with Gasteiger partial charge in [0.15, 0.2) is 0 Å². The molecular formula is C10H18N2O2. The normalized spacial score (nSPS) is 36.1. The van der Waals surface area contributed by atoms with Crippen molar-refractivity contribution in [3.05, 3.63) is 0 Å². The van der Waals surface area contributed by atoms with Crippen LogP contribution < -0.4 is 11.5 Å². The summed E-state index contributed by atoms with van der Waals surface area (Å²) >= 11 is 0. The number of nitrogens with two attached hydrogens (primary N) is 2. The smallest absolute Gasteiger partial charge is 0.238 e. The molecule has 4 nitrogen and oxygen atoms in total. The predicted molar refractivity (Wildman–Crippen MR) is 52.4 cm³/mol. The van der Waals surface area contributed by atoms with Crippen LogP contribution in [0.15, 0.2) is 0 Å². The highest BCUT2D eigenvalue weighted by Crippen LogP contribution is 2.48. The lowest BCUT2D eigenvalue weighted by molar-refractivity contribution is -0.139. The maximum absolute atomic E-state index is 11.5. The highest BCUT2D eigenvalue weighted by atomic mass is 16.5. The van der Waals surface area contributed by atoms with Crippen LogP contribution in [0.3, 0.4) is 0 Å². The first-order chi connectivity index (χ1) is 6.61. The summed E-state index contributed by atoms with van der Waals surface area (Å²) in [5.74, 6) is -0.359. The lowest BCUT2D eigenvalue weighted by Gasteiger charge is -2.47. The van der Waals surface area contributed by atoms with E-state index in [0.717, 1.165) is 25.7 Å². The lowest BCUT2D eigenvalue weighted by atomic mass is 9.65. The highest BCUT2D eigenvalue weighted by molar-refractivity contribution is 5.85. The van der Waals surface area contributed by atoms with Gasteiger partial charge in [-0.1, -0.05) is 12.8 Å². The van der Waals surface area contributed by atoms with Crippen molar-refractivity contribution >= 4 is 5.91 Å². The van der Waals surface area contributed by atoms with E-state index in [9.17, 15) is 4.79 Å². The molecule has 1 atom stereocenters. The first kappa shape index (κ1) is 9.93. The van der Waals surface area contributed by atoms with Crippen LogP contribution in [0.2, 0.25) is 0 Å². The molecule has 2 rings (SSSR count). The van der Waals surface area contributed by atoms with Gasteiger partial charge in [0.2, 0.25) is 5.91 Å². The van der Waals surface area contributed by atoms with E-state index in [2.05, 4.69) is 0 Å². The van der Waals surface area contributed by atoms with Crippen LogP contribution in [-0.2, 0) is 9.53 Å². The second kappa shape index (κ2) is 3.21. The van der Waals surface area contributed by atoms with Crippen molar-refractivity contribution < 1.29 is 9.53 Å². The van der Waals surface area contributed by atoms with E-state index in [-0.39, 0.29) is 11.3 Å². The van der Waals surface area contributed by atoms with Crippen LogP contribution in [-0.4, -0.2) is 24.7 Å². The van der Waals surface area contributed by atoms with E-state index in [1.165, 1.54) is 0 Å². The summed E-state index contributed by atoms with van der Waals surface area (Å²) in [6, 6.07) is 0. The zero-order chi connectivity index (χ0) is 10.2. The van der Waals surface area contributed by atoms with Crippen molar-refractivity contribution in [3.8, 4) is 0 Å². The molecule has 14 heavy (non-hydrogen) atoms. The van der Waals surface area contributed by atoms with Gasteiger partial charge in [0, 0.05) is 12.0 Å². The molecule has 1 saturated heterocycles. The minimum atomic E-state index is -0.832. The lowest BCUT2D eigenvalue weighted by Crippen LogP contribution is -2.66. The fourth-order valence-electron chi connectivity index (χ4n) is 2.92. The number of amides is 1. The van der Waals surface area contributed by atoms with Gasteiger partial charge < -0.3 is 16.2 Å². The number of primary amides is 1. The van der Waals surface area contributed by atoms with Gasteiger partial charge in [-0.05, 0) is 19.3 Å². The maximum atomic E-state index is 11.5. The van der Waals surface area contributed by atoms with Crippen LogP contribution in [0.25, 0.3) is 0 Å². The van der Waals surface area contributed by atoms with Crippen LogP contribution in [0.5, 0.6) is 0 Å². The van der Waals surface area contributed by atoms with E-state index in [0.29, 0.717) is 19.6 Å². The monoisotopic (exact) mass is 198 g/mol. The molecule has 2 fully saturated rings. The number of hydrogen-bond acceptors (Lipinski definition) is 3. The minimum Gasteiger partial charge on any atom is -0.381 e. The molecular weight excluding hydrogens is 180 g/mol. The Labute approximate surface area is 84.0 Å². The van der Waals surface area contributed by atoms with E-state index < -0.39 is 5.54 Å². The van der Waals surface area contributed by atoms with E-state index >= 15 is 0 Å². The maximum Gasteiger partial charge on any atom is 0.238 e. The first-order valence-electron chi connectivity index (χ1n) is 5.27. The molecule has 2 aliphatic rings. The molecule has 4 N–H and O–H groups in total. The Balaban J connectivity index is 2.31. The average Bonchev–Trinajstić information content (AvgIpc) is 2.60. The first-order valence-corrected chi connectivity index (χ1v) is 5.27. The second-order valence-electron chi connectivity index (χ2n) is 4.63. The third-order valence-corrected chi connectivity index (χ3v) is 3.97. The fraction of sp³-hybridized carbons (Fsp3) is 0.900. The van der Waals surface area contributed by atoms with Crippen LogP contribution in [0.4, 0.5) is 0 Å². The third-order valence-electron chi connectivity index (χ3n) is 3.97. The van der Waals surface area contributed by atoms with Gasteiger partial charge in [-0.25, -0.2) is 0 Å². The topological polar surface area (TPSA) is 78.3 Å². The average molecular weight is 198 g/mol. The number of ether oxygens (including phenoxy) is 1. The van der Waals surface area contributed by atoms with Crippen molar-refractivity contribution in [1.82, 2.24) is 0 Å². The van der Waals surface area contributed by atoms with Crippen molar-refractivity contribution in [2.75, 3.05) is 13.2 Å². The van der Waals surface area contributed by atoms with Crippen LogP contribution in [0.1, 0.15) is 32.1 Å². The predicted octanol–water partition coefficient (Wildman–Crippen LogP) is 0.150. The molecule has 4 heteroatoms.